The van der Waals surface area contributed by atoms with E-state index in [-0.39, 0.29) is 0 Å². The predicted octanol–water partition coefficient (Wildman–Crippen LogP) is 3.05. The molecule has 0 aliphatic carbocycles. The van der Waals surface area contributed by atoms with E-state index in [1.54, 1.807) is 6.20 Å². The zero-order valence-electron chi connectivity index (χ0n) is 8.09. The Hall–Kier alpha value is -1.75. The summed E-state index contributed by atoms with van der Waals surface area (Å²) in [7, 11) is 0. The Morgan fingerprint density at radius 2 is 2.06 bits per heavy atom. The highest BCUT2D eigenvalue weighted by atomic mass is 79.9. The number of rotatable bonds is 1. The summed E-state index contributed by atoms with van der Waals surface area (Å²) in [6, 6.07) is 9.67. The lowest BCUT2D eigenvalue weighted by Gasteiger charge is -2.00. The van der Waals surface area contributed by atoms with Gasteiger partial charge in [0.25, 0.3) is 5.89 Å². The molecule has 0 saturated carbocycles. The second kappa shape index (κ2) is 3.68. The van der Waals surface area contributed by atoms with Crippen molar-refractivity contribution in [1.82, 2.24) is 15.1 Å². The van der Waals surface area contributed by atoms with Gasteiger partial charge in [-0.3, -0.25) is 4.98 Å². The molecule has 0 spiro atoms. The SMILES string of the molecule is Brc1noc(-c2cccc3ncccc23)n1. The van der Waals surface area contributed by atoms with Gasteiger partial charge in [-0.1, -0.05) is 12.1 Å². The Bertz CT molecular complexity index is 645. The summed E-state index contributed by atoms with van der Waals surface area (Å²) < 4.78 is 5.57. The molecule has 3 aromatic rings. The van der Waals surface area contributed by atoms with Gasteiger partial charge in [0, 0.05) is 17.1 Å². The minimum Gasteiger partial charge on any atom is -0.333 e. The second-order valence-corrected chi connectivity index (χ2v) is 3.95. The molecule has 78 valence electrons. The van der Waals surface area contributed by atoms with Crippen LogP contribution in [0.2, 0.25) is 0 Å². The number of aromatic nitrogens is 3. The molecule has 0 fully saturated rings. The average Bonchev–Trinajstić information content (AvgIpc) is 2.75. The fourth-order valence-electron chi connectivity index (χ4n) is 1.60. The number of nitrogens with zero attached hydrogens (tertiary/aromatic N) is 3. The summed E-state index contributed by atoms with van der Waals surface area (Å²) in [6.45, 7) is 0. The molecule has 1 aromatic carbocycles. The lowest BCUT2D eigenvalue weighted by Crippen LogP contribution is -1.83. The quantitative estimate of drug-likeness (QED) is 0.685. The molecule has 5 heteroatoms. The number of pyridine rings is 1. The summed E-state index contributed by atoms with van der Waals surface area (Å²) in [5, 5.41) is 4.71. The third-order valence-electron chi connectivity index (χ3n) is 2.28. The average molecular weight is 276 g/mol. The van der Waals surface area contributed by atoms with Crippen molar-refractivity contribution < 1.29 is 4.52 Å². The molecule has 0 bridgehead atoms. The lowest BCUT2D eigenvalue weighted by atomic mass is 10.1. The zero-order valence-corrected chi connectivity index (χ0v) is 9.68. The van der Waals surface area contributed by atoms with Gasteiger partial charge in [-0.15, -0.1) is 0 Å². The molecule has 0 amide bonds. The Morgan fingerprint density at radius 3 is 2.88 bits per heavy atom. The van der Waals surface area contributed by atoms with Gasteiger partial charge >= 0.3 is 0 Å². The predicted molar refractivity (Wildman–Crippen MR) is 62.7 cm³/mol. The van der Waals surface area contributed by atoms with Gasteiger partial charge < -0.3 is 4.52 Å². The maximum absolute atomic E-state index is 5.12. The first-order chi connectivity index (χ1) is 7.84. The Kier molecular flexibility index (Phi) is 2.18. The Morgan fingerprint density at radius 1 is 1.12 bits per heavy atom. The van der Waals surface area contributed by atoms with E-state index in [2.05, 4.69) is 31.1 Å². The van der Waals surface area contributed by atoms with Crippen molar-refractivity contribution in [3.8, 4) is 11.5 Å². The third kappa shape index (κ3) is 1.49. The van der Waals surface area contributed by atoms with Crippen LogP contribution in [0.1, 0.15) is 0 Å². The molecule has 2 aromatic heterocycles. The van der Waals surface area contributed by atoms with E-state index >= 15 is 0 Å². The maximum Gasteiger partial charge on any atom is 0.259 e. The molecule has 2 heterocycles. The first-order valence-corrected chi connectivity index (χ1v) is 5.47. The summed E-state index contributed by atoms with van der Waals surface area (Å²) in [6.07, 6.45) is 1.76. The smallest absolute Gasteiger partial charge is 0.259 e. The molecule has 0 aliphatic rings. The molecular formula is C11H6BrN3O. The third-order valence-corrected chi connectivity index (χ3v) is 2.60. The minimum absolute atomic E-state index is 0.448. The molecule has 0 aliphatic heterocycles. The number of benzene rings is 1. The van der Waals surface area contributed by atoms with Crippen LogP contribution in [-0.4, -0.2) is 15.1 Å². The van der Waals surface area contributed by atoms with Crippen LogP contribution in [0.15, 0.2) is 45.8 Å². The molecule has 3 rings (SSSR count). The highest BCUT2D eigenvalue weighted by Crippen LogP contribution is 2.26. The van der Waals surface area contributed by atoms with Crippen LogP contribution in [0.3, 0.4) is 0 Å². The van der Waals surface area contributed by atoms with Crippen LogP contribution in [0, 0.1) is 0 Å². The number of halogens is 1. The van der Waals surface area contributed by atoms with Crippen LogP contribution in [-0.2, 0) is 0 Å². The van der Waals surface area contributed by atoms with Crippen molar-refractivity contribution in [2.45, 2.75) is 0 Å². The van der Waals surface area contributed by atoms with Crippen LogP contribution < -0.4 is 0 Å². The number of hydrogen-bond donors (Lipinski definition) is 0. The zero-order chi connectivity index (χ0) is 11.0. The van der Waals surface area contributed by atoms with Crippen molar-refractivity contribution in [2.24, 2.45) is 0 Å². The molecule has 0 saturated heterocycles. The molecule has 0 radical (unpaired) electrons. The normalized spacial score (nSPS) is 10.8. The summed E-state index contributed by atoms with van der Waals surface area (Å²) in [5.74, 6) is 0.491. The molecule has 4 nitrogen and oxygen atoms in total. The van der Waals surface area contributed by atoms with E-state index in [4.69, 9.17) is 4.52 Å². The van der Waals surface area contributed by atoms with Crippen molar-refractivity contribution in [3.05, 3.63) is 41.3 Å². The first kappa shape index (κ1) is 9.47. The summed E-state index contributed by atoms with van der Waals surface area (Å²) in [5.41, 5.74) is 1.80. The molecular weight excluding hydrogens is 270 g/mol. The van der Waals surface area contributed by atoms with Gasteiger partial charge in [-0.25, -0.2) is 0 Å². The van der Waals surface area contributed by atoms with E-state index in [1.165, 1.54) is 0 Å². The van der Waals surface area contributed by atoms with Gasteiger partial charge in [0.1, 0.15) is 0 Å². The monoisotopic (exact) mass is 275 g/mol. The van der Waals surface area contributed by atoms with Gasteiger partial charge in [0.15, 0.2) is 0 Å². The van der Waals surface area contributed by atoms with Gasteiger partial charge in [0.05, 0.1) is 5.52 Å². The molecule has 0 unspecified atom stereocenters. The van der Waals surface area contributed by atoms with E-state index in [9.17, 15) is 0 Å². The highest BCUT2D eigenvalue weighted by Gasteiger charge is 2.10. The van der Waals surface area contributed by atoms with E-state index in [0.29, 0.717) is 10.6 Å². The van der Waals surface area contributed by atoms with Crippen molar-refractivity contribution in [3.63, 3.8) is 0 Å². The largest absolute Gasteiger partial charge is 0.333 e. The van der Waals surface area contributed by atoms with Crippen molar-refractivity contribution in [1.29, 1.82) is 0 Å². The lowest BCUT2D eigenvalue weighted by molar-refractivity contribution is 0.426. The summed E-state index contributed by atoms with van der Waals surface area (Å²) in [4.78, 5) is 8.41. The van der Waals surface area contributed by atoms with Crippen molar-refractivity contribution in [2.75, 3.05) is 0 Å². The van der Waals surface area contributed by atoms with E-state index in [1.807, 2.05) is 30.3 Å². The first-order valence-electron chi connectivity index (χ1n) is 4.68. The standard InChI is InChI=1S/C11H6BrN3O/c12-11-14-10(16-15-11)8-3-1-5-9-7(8)4-2-6-13-9/h1-6H. The minimum atomic E-state index is 0.448. The van der Waals surface area contributed by atoms with Crippen LogP contribution in [0.5, 0.6) is 0 Å². The van der Waals surface area contributed by atoms with Crippen molar-refractivity contribution >= 4 is 26.8 Å². The van der Waals surface area contributed by atoms with Crippen LogP contribution in [0.4, 0.5) is 0 Å². The van der Waals surface area contributed by atoms with Crippen LogP contribution in [0.25, 0.3) is 22.4 Å². The maximum atomic E-state index is 5.12. The van der Waals surface area contributed by atoms with Crippen LogP contribution >= 0.6 is 15.9 Å². The number of hydrogen-bond acceptors (Lipinski definition) is 4. The fourth-order valence-corrected chi connectivity index (χ4v) is 1.84. The molecule has 0 N–H and O–H groups in total. The van der Waals surface area contributed by atoms with E-state index < -0.39 is 0 Å². The second-order valence-electron chi connectivity index (χ2n) is 3.24. The highest BCUT2D eigenvalue weighted by molar-refractivity contribution is 9.10. The number of fused-ring (bicyclic) bond motifs is 1. The topological polar surface area (TPSA) is 51.8 Å². The Labute approximate surface area is 99.4 Å². The fraction of sp³-hybridized carbons (Fsp3) is 0. The van der Waals surface area contributed by atoms with Gasteiger partial charge in [-0.05, 0) is 39.3 Å². The van der Waals surface area contributed by atoms with Gasteiger partial charge in [0.2, 0.25) is 4.73 Å². The van der Waals surface area contributed by atoms with Gasteiger partial charge in [-0.2, -0.15) is 4.98 Å². The Balaban J connectivity index is 2.31. The van der Waals surface area contributed by atoms with E-state index in [0.717, 1.165) is 16.5 Å². The molecule has 16 heavy (non-hydrogen) atoms. The summed E-state index contributed by atoms with van der Waals surface area (Å²) >= 11 is 3.16. The molecule has 0 atom stereocenters.